The average Bonchev–Trinajstić information content (AvgIpc) is 2.34. The van der Waals surface area contributed by atoms with Gasteiger partial charge in [-0.25, -0.2) is 4.39 Å². The third-order valence-electron chi connectivity index (χ3n) is 3.09. The molecular weight excluding hydrogens is 231 g/mol. The molecule has 0 aliphatic heterocycles. The number of nitrogens with zero attached hydrogens (tertiary/aromatic N) is 1. The minimum atomic E-state index is -0.375. The lowest BCUT2D eigenvalue weighted by Gasteiger charge is -2.26. The highest BCUT2D eigenvalue weighted by atomic mass is 19.1. The van der Waals surface area contributed by atoms with Gasteiger partial charge in [-0.2, -0.15) is 0 Å². The van der Waals surface area contributed by atoms with Crippen LogP contribution in [0.3, 0.4) is 0 Å². The number of carbonyl (C=O) groups excluding carboxylic acids is 1. The van der Waals surface area contributed by atoms with Crippen LogP contribution in [0.15, 0.2) is 24.3 Å². The summed E-state index contributed by atoms with van der Waals surface area (Å²) in [6, 6.07) is 6.32. The minimum absolute atomic E-state index is 0.0653. The molecule has 0 aliphatic carbocycles. The van der Waals surface area contributed by atoms with Gasteiger partial charge in [0.15, 0.2) is 0 Å². The Hall–Kier alpha value is -1.42. The molecule has 0 aromatic heterocycles. The van der Waals surface area contributed by atoms with E-state index in [1.54, 1.807) is 25.2 Å². The molecule has 18 heavy (non-hydrogen) atoms. The van der Waals surface area contributed by atoms with Crippen molar-refractivity contribution in [3.8, 4) is 0 Å². The van der Waals surface area contributed by atoms with Crippen molar-refractivity contribution >= 4 is 11.6 Å². The standard InChI is InChI=1S/C14H21FN2O/c1-10(2)11(9-16-3)14(18)17(4)13-8-6-5-7-12(13)15/h5-8,10-11,16H,9H2,1-4H3. The van der Waals surface area contributed by atoms with Crippen LogP contribution in [0.2, 0.25) is 0 Å². The zero-order chi connectivity index (χ0) is 13.7. The van der Waals surface area contributed by atoms with Crippen molar-refractivity contribution in [3.63, 3.8) is 0 Å². The Morgan fingerprint density at radius 3 is 2.50 bits per heavy atom. The first-order valence-electron chi connectivity index (χ1n) is 6.15. The molecule has 3 nitrogen and oxygen atoms in total. The third-order valence-corrected chi connectivity index (χ3v) is 3.09. The molecule has 0 saturated heterocycles. The predicted molar refractivity (Wildman–Crippen MR) is 72.1 cm³/mol. The van der Waals surface area contributed by atoms with Gasteiger partial charge in [0.2, 0.25) is 5.91 Å². The van der Waals surface area contributed by atoms with Gasteiger partial charge in [-0.15, -0.1) is 0 Å². The molecule has 0 aliphatic rings. The summed E-state index contributed by atoms with van der Waals surface area (Å²) >= 11 is 0. The summed E-state index contributed by atoms with van der Waals surface area (Å²) < 4.78 is 13.6. The molecule has 1 aromatic rings. The Labute approximate surface area is 108 Å². The van der Waals surface area contributed by atoms with Crippen LogP contribution >= 0.6 is 0 Å². The topological polar surface area (TPSA) is 32.3 Å². The molecule has 0 fully saturated rings. The number of halogens is 1. The van der Waals surface area contributed by atoms with Gasteiger partial charge in [-0.1, -0.05) is 26.0 Å². The first-order valence-corrected chi connectivity index (χ1v) is 6.15. The van der Waals surface area contributed by atoms with Crippen LogP contribution in [-0.2, 0) is 4.79 Å². The van der Waals surface area contributed by atoms with Crippen LogP contribution in [0.5, 0.6) is 0 Å². The molecule has 1 atom stereocenters. The zero-order valence-corrected chi connectivity index (χ0v) is 11.4. The number of carbonyl (C=O) groups is 1. The molecule has 1 unspecified atom stereocenters. The molecule has 0 heterocycles. The Morgan fingerprint density at radius 1 is 1.39 bits per heavy atom. The van der Waals surface area contributed by atoms with E-state index in [9.17, 15) is 9.18 Å². The van der Waals surface area contributed by atoms with E-state index < -0.39 is 0 Å². The maximum atomic E-state index is 13.6. The highest BCUT2D eigenvalue weighted by molar-refractivity contribution is 5.94. The van der Waals surface area contributed by atoms with E-state index in [1.165, 1.54) is 11.0 Å². The van der Waals surface area contributed by atoms with E-state index in [-0.39, 0.29) is 23.6 Å². The molecule has 1 amide bonds. The van der Waals surface area contributed by atoms with Crippen LogP contribution in [0, 0.1) is 17.7 Å². The lowest BCUT2D eigenvalue weighted by atomic mass is 9.94. The molecule has 4 heteroatoms. The molecule has 1 rings (SSSR count). The van der Waals surface area contributed by atoms with Crippen molar-refractivity contribution in [1.82, 2.24) is 5.32 Å². The van der Waals surface area contributed by atoms with Crippen LogP contribution < -0.4 is 10.2 Å². The van der Waals surface area contributed by atoms with Crippen LogP contribution in [-0.4, -0.2) is 26.5 Å². The Morgan fingerprint density at radius 2 is 2.00 bits per heavy atom. The number of benzene rings is 1. The maximum absolute atomic E-state index is 13.6. The van der Waals surface area contributed by atoms with Crippen molar-refractivity contribution < 1.29 is 9.18 Å². The summed E-state index contributed by atoms with van der Waals surface area (Å²) in [5.74, 6) is -0.386. The fraction of sp³-hybridized carbons (Fsp3) is 0.500. The van der Waals surface area contributed by atoms with E-state index in [4.69, 9.17) is 0 Å². The van der Waals surface area contributed by atoms with Gasteiger partial charge >= 0.3 is 0 Å². The number of para-hydroxylation sites is 1. The summed E-state index contributed by atoms with van der Waals surface area (Å²) in [5, 5.41) is 3.01. The average molecular weight is 252 g/mol. The number of nitrogens with one attached hydrogen (secondary N) is 1. The minimum Gasteiger partial charge on any atom is -0.319 e. The normalized spacial score (nSPS) is 12.6. The summed E-state index contributed by atoms with van der Waals surface area (Å²) in [6.45, 7) is 4.58. The van der Waals surface area contributed by atoms with E-state index in [0.717, 1.165) is 0 Å². The van der Waals surface area contributed by atoms with E-state index in [2.05, 4.69) is 5.32 Å². The SMILES string of the molecule is CNCC(C(=O)N(C)c1ccccc1F)C(C)C. The van der Waals surface area contributed by atoms with E-state index in [0.29, 0.717) is 12.2 Å². The molecule has 0 radical (unpaired) electrons. The van der Waals surface area contributed by atoms with Crippen molar-refractivity contribution in [2.24, 2.45) is 11.8 Å². The predicted octanol–water partition coefficient (Wildman–Crippen LogP) is 2.28. The lowest BCUT2D eigenvalue weighted by molar-refractivity contribution is -0.123. The quantitative estimate of drug-likeness (QED) is 0.872. The van der Waals surface area contributed by atoms with Gasteiger partial charge in [0.05, 0.1) is 11.6 Å². The van der Waals surface area contributed by atoms with Crippen LogP contribution in [0.1, 0.15) is 13.8 Å². The molecular formula is C14H21FN2O. The van der Waals surface area contributed by atoms with Crippen LogP contribution in [0.4, 0.5) is 10.1 Å². The summed E-state index contributed by atoms with van der Waals surface area (Å²) in [5.41, 5.74) is 0.323. The molecule has 0 saturated carbocycles. The second-order valence-corrected chi connectivity index (χ2v) is 4.76. The van der Waals surface area contributed by atoms with Gasteiger partial charge < -0.3 is 10.2 Å². The lowest BCUT2D eigenvalue weighted by Crippen LogP contribution is -2.40. The van der Waals surface area contributed by atoms with E-state index >= 15 is 0 Å². The smallest absolute Gasteiger partial charge is 0.231 e. The van der Waals surface area contributed by atoms with Gasteiger partial charge in [0, 0.05) is 13.6 Å². The summed E-state index contributed by atoms with van der Waals surface area (Å²) in [6.07, 6.45) is 0. The molecule has 1 aromatic carbocycles. The zero-order valence-electron chi connectivity index (χ0n) is 11.4. The molecule has 0 bridgehead atoms. The fourth-order valence-electron chi connectivity index (χ4n) is 1.92. The highest BCUT2D eigenvalue weighted by Gasteiger charge is 2.26. The molecule has 1 N–H and O–H groups in total. The van der Waals surface area contributed by atoms with Crippen molar-refractivity contribution in [2.45, 2.75) is 13.8 Å². The highest BCUT2D eigenvalue weighted by Crippen LogP contribution is 2.21. The third kappa shape index (κ3) is 3.29. The number of hydrogen-bond donors (Lipinski definition) is 1. The Kier molecular flexibility index (Phi) is 5.28. The fourth-order valence-corrected chi connectivity index (χ4v) is 1.92. The number of amides is 1. The van der Waals surface area contributed by atoms with Crippen LogP contribution in [0.25, 0.3) is 0 Å². The second kappa shape index (κ2) is 6.50. The summed E-state index contributed by atoms with van der Waals surface area (Å²) in [4.78, 5) is 13.7. The monoisotopic (exact) mass is 252 g/mol. The molecule has 0 spiro atoms. The van der Waals surface area contributed by atoms with Crippen molar-refractivity contribution in [3.05, 3.63) is 30.1 Å². The number of anilines is 1. The van der Waals surface area contributed by atoms with Crippen molar-refractivity contribution in [1.29, 1.82) is 0 Å². The first kappa shape index (κ1) is 14.6. The van der Waals surface area contributed by atoms with Crippen molar-refractivity contribution in [2.75, 3.05) is 25.5 Å². The Bertz CT molecular complexity index is 407. The number of rotatable bonds is 5. The van der Waals surface area contributed by atoms with Gasteiger partial charge in [0.25, 0.3) is 0 Å². The van der Waals surface area contributed by atoms with Gasteiger partial charge in [-0.05, 0) is 25.1 Å². The number of hydrogen-bond acceptors (Lipinski definition) is 2. The van der Waals surface area contributed by atoms with Gasteiger partial charge in [-0.3, -0.25) is 4.79 Å². The summed E-state index contributed by atoms with van der Waals surface area (Å²) in [7, 11) is 3.43. The largest absolute Gasteiger partial charge is 0.319 e. The van der Waals surface area contributed by atoms with Gasteiger partial charge in [0.1, 0.15) is 5.82 Å². The second-order valence-electron chi connectivity index (χ2n) is 4.76. The first-order chi connectivity index (χ1) is 8.49. The molecule has 100 valence electrons. The maximum Gasteiger partial charge on any atom is 0.231 e. The van der Waals surface area contributed by atoms with E-state index in [1.807, 2.05) is 20.9 Å². The Balaban J connectivity index is 2.92.